The Morgan fingerprint density at radius 2 is 1.50 bits per heavy atom. The van der Waals surface area contributed by atoms with Gasteiger partial charge in [-0.1, -0.05) is 60.7 Å². The van der Waals surface area contributed by atoms with E-state index in [-0.39, 0.29) is 11.2 Å². The number of aromatic amines is 1. The average Bonchev–Trinajstić information content (AvgIpc) is 3.15. The Hall–Kier alpha value is -4.26. The highest BCUT2D eigenvalue weighted by molar-refractivity contribution is 5.93. The summed E-state index contributed by atoms with van der Waals surface area (Å²) in [6, 6.07) is 24.5. The van der Waals surface area contributed by atoms with Crippen molar-refractivity contribution in [3.05, 3.63) is 112 Å². The van der Waals surface area contributed by atoms with Crippen molar-refractivity contribution in [1.29, 1.82) is 0 Å². The van der Waals surface area contributed by atoms with E-state index in [1.165, 1.54) is 4.68 Å². The number of fused-ring (bicyclic) bond motifs is 1. The summed E-state index contributed by atoms with van der Waals surface area (Å²) in [4.78, 5) is 24.8. The zero-order valence-electron chi connectivity index (χ0n) is 15.9. The quantitative estimate of drug-likeness (QED) is 0.507. The number of hydrogen-bond acceptors (Lipinski definition) is 4. The van der Waals surface area contributed by atoms with Crippen LogP contribution in [0.15, 0.2) is 94.8 Å². The van der Waals surface area contributed by atoms with Gasteiger partial charge in [-0.15, -0.1) is 0 Å². The average molecular weight is 395 g/mol. The first kappa shape index (κ1) is 17.8. The summed E-state index contributed by atoms with van der Waals surface area (Å²) in [6.45, 7) is 0.463. The Labute approximate surface area is 170 Å². The minimum absolute atomic E-state index is 0.209. The van der Waals surface area contributed by atoms with Crippen LogP contribution in [0.5, 0.6) is 0 Å². The highest BCUT2D eigenvalue weighted by Crippen LogP contribution is 2.24. The van der Waals surface area contributed by atoms with Crippen LogP contribution < -0.4 is 11.2 Å². The van der Waals surface area contributed by atoms with Crippen LogP contribution in [0.1, 0.15) is 5.56 Å². The van der Waals surface area contributed by atoms with Crippen molar-refractivity contribution >= 4 is 10.8 Å². The second-order valence-electron chi connectivity index (χ2n) is 6.93. The molecule has 7 heteroatoms. The van der Waals surface area contributed by atoms with Gasteiger partial charge in [0.1, 0.15) is 6.33 Å². The molecule has 5 rings (SSSR count). The van der Waals surface area contributed by atoms with Crippen molar-refractivity contribution in [1.82, 2.24) is 24.5 Å². The first-order valence-electron chi connectivity index (χ1n) is 9.47. The van der Waals surface area contributed by atoms with Crippen LogP contribution in [0.2, 0.25) is 0 Å². The summed E-state index contributed by atoms with van der Waals surface area (Å²) in [7, 11) is 0. The molecule has 0 fully saturated rings. The third kappa shape index (κ3) is 3.12. The molecule has 0 radical (unpaired) electrons. The molecule has 0 saturated heterocycles. The van der Waals surface area contributed by atoms with Gasteiger partial charge in [-0.3, -0.25) is 9.36 Å². The summed E-state index contributed by atoms with van der Waals surface area (Å²) < 4.78 is 2.94. The van der Waals surface area contributed by atoms with Crippen molar-refractivity contribution < 1.29 is 0 Å². The molecule has 3 aromatic carbocycles. The first-order chi connectivity index (χ1) is 14.7. The highest BCUT2D eigenvalue weighted by Gasteiger charge is 2.11. The molecule has 0 amide bonds. The fourth-order valence-electron chi connectivity index (χ4n) is 3.50. The normalized spacial score (nSPS) is 11.1. The minimum Gasteiger partial charge on any atom is -0.277 e. The largest absolute Gasteiger partial charge is 0.350 e. The van der Waals surface area contributed by atoms with E-state index in [0.717, 1.165) is 16.5 Å². The van der Waals surface area contributed by atoms with E-state index in [4.69, 9.17) is 0 Å². The number of benzene rings is 3. The number of H-pyrrole nitrogens is 1. The standard InChI is InChI=1S/C23H17N5O2/c29-22-20-9-5-4-8-19(20)21(25-26-22)17-10-12-18(13-11-17)28-23(30)27(15-24-28)14-16-6-2-1-3-7-16/h1-13,15H,14H2,(H,26,29). The van der Waals surface area contributed by atoms with E-state index < -0.39 is 0 Å². The lowest BCUT2D eigenvalue weighted by molar-refractivity contribution is 0.738. The van der Waals surface area contributed by atoms with E-state index in [1.807, 2.05) is 72.8 Å². The fraction of sp³-hybridized carbons (Fsp3) is 0.0435. The van der Waals surface area contributed by atoms with Crippen molar-refractivity contribution in [3.63, 3.8) is 0 Å². The van der Waals surface area contributed by atoms with E-state index >= 15 is 0 Å². The minimum atomic E-state index is -0.221. The van der Waals surface area contributed by atoms with Gasteiger partial charge in [-0.25, -0.2) is 9.89 Å². The van der Waals surface area contributed by atoms with Crippen LogP contribution in [-0.2, 0) is 6.54 Å². The predicted molar refractivity (Wildman–Crippen MR) is 115 cm³/mol. The Kier molecular flexibility index (Phi) is 4.33. The molecule has 0 saturated carbocycles. The molecule has 2 aromatic heterocycles. The zero-order valence-corrected chi connectivity index (χ0v) is 15.9. The molecule has 0 atom stereocenters. The first-order valence-corrected chi connectivity index (χ1v) is 9.47. The van der Waals surface area contributed by atoms with Crippen molar-refractivity contribution in [3.8, 4) is 16.9 Å². The van der Waals surface area contributed by atoms with Crippen LogP contribution in [0.3, 0.4) is 0 Å². The smallest absolute Gasteiger partial charge is 0.277 e. The molecular weight excluding hydrogens is 378 g/mol. The van der Waals surface area contributed by atoms with Gasteiger partial charge in [-0.05, 0) is 23.8 Å². The number of rotatable bonds is 4. The molecule has 1 N–H and O–H groups in total. The summed E-state index contributed by atoms with van der Waals surface area (Å²) in [5.41, 5.74) is 2.78. The maximum absolute atomic E-state index is 12.8. The topological polar surface area (TPSA) is 85.6 Å². The molecule has 0 unspecified atom stereocenters. The molecule has 0 bridgehead atoms. The molecule has 0 aliphatic rings. The van der Waals surface area contributed by atoms with E-state index in [9.17, 15) is 9.59 Å². The maximum Gasteiger partial charge on any atom is 0.350 e. The maximum atomic E-state index is 12.8. The predicted octanol–water partition coefficient (Wildman–Crippen LogP) is 2.99. The van der Waals surface area contributed by atoms with Crippen LogP contribution in [-0.4, -0.2) is 24.5 Å². The summed E-state index contributed by atoms with van der Waals surface area (Å²) in [5.74, 6) is 0. The van der Waals surface area contributed by atoms with Crippen LogP contribution in [0.25, 0.3) is 27.7 Å². The fourth-order valence-corrected chi connectivity index (χ4v) is 3.50. The summed E-state index contributed by atoms with van der Waals surface area (Å²) >= 11 is 0. The molecule has 5 aromatic rings. The van der Waals surface area contributed by atoms with Crippen LogP contribution in [0.4, 0.5) is 0 Å². The lowest BCUT2D eigenvalue weighted by Crippen LogP contribution is -2.24. The van der Waals surface area contributed by atoms with Crippen molar-refractivity contribution in [2.45, 2.75) is 6.54 Å². The second kappa shape index (κ2) is 7.29. The number of nitrogens with zero attached hydrogens (tertiary/aromatic N) is 4. The lowest BCUT2D eigenvalue weighted by atomic mass is 10.0. The van der Waals surface area contributed by atoms with Gasteiger partial charge in [0.05, 0.1) is 23.3 Å². The number of hydrogen-bond donors (Lipinski definition) is 1. The van der Waals surface area contributed by atoms with Crippen LogP contribution >= 0.6 is 0 Å². The van der Waals surface area contributed by atoms with Gasteiger partial charge in [-0.2, -0.15) is 14.9 Å². The third-order valence-electron chi connectivity index (χ3n) is 5.01. The Morgan fingerprint density at radius 1 is 0.800 bits per heavy atom. The lowest BCUT2D eigenvalue weighted by Gasteiger charge is -2.06. The van der Waals surface area contributed by atoms with Gasteiger partial charge in [0, 0.05) is 10.9 Å². The van der Waals surface area contributed by atoms with E-state index in [1.54, 1.807) is 17.0 Å². The molecular formula is C23H17N5O2. The Bertz CT molecular complexity index is 1450. The van der Waals surface area contributed by atoms with Gasteiger partial charge >= 0.3 is 5.69 Å². The second-order valence-corrected chi connectivity index (χ2v) is 6.93. The molecule has 2 heterocycles. The van der Waals surface area contributed by atoms with Crippen molar-refractivity contribution in [2.24, 2.45) is 0 Å². The van der Waals surface area contributed by atoms with Crippen LogP contribution in [0, 0.1) is 0 Å². The molecule has 7 nitrogen and oxygen atoms in total. The summed E-state index contributed by atoms with van der Waals surface area (Å²) in [6.07, 6.45) is 1.54. The van der Waals surface area contributed by atoms with Gasteiger partial charge in [0.25, 0.3) is 5.56 Å². The van der Waals surface area contributed by atoms with E-state index in [2.05, 4.69) is 15.3 Å². The molecule has 146 valence electrons. The molecule has 30 heavy (non-hydrogen) atoms. The van der Waals surface area contributed by atoms with Crippen molar-refractivity contribution in [2.75, 3.05) is 0 Å². The van der Waals surface area contributed by atoms with Gasteiger partial charge in [0.2, 0.25) is 0 Å². The zero-order chi connectivity index (χ0) is 20.5. The van der Waals surface area contributed by atoms with E-state index in [0.29, 0.717) is 23.3 Å². The highest BCUT2D eigenvalue weighted by atomic mass is 16.2. The molecule has 0 aliphatic heterocycles. The van der Waals surface area contributed by atoms with Gasteiger partial charge in [0.15, 0.2) is 0 Å². The van der Waals surface area contributed by atoms with Gasteiger partial charge < -0.3 is 0 Å². The monoisotopic (exact) mass is 395 g/mol. The number of nitrogens with one attached hydrogen (secondary N) is 1. The SMILES string of the molecule is O=c1[nH]nc(-c2ccc(-n3ncn(Cc4ccccc4)c3=O)cc2)c2ccccc12. The number of aromatic nitrogens is 5. The summed E-state index contributed by atoms with van der Waals surface area (Å²) in [5, 5.41) is 12.4. The molecule has 0 spiro atoms. The molecule has 0 aliphatic carbocycles. The Balaban J connectivity index is 1.49. The third-order valence-corrected chi connectivity index (χ3v) is 5.01. The Morgan fingerprint density at radius 3 is 2.27 bits per heavy atom.